The number of para-hydroxylation sites is 1. The predicted octanol–water partition coefficient (Wildman–Crippen LogP) is 6.11. The third-order valence-electron chi connectivity index (χ3n) is 7.09. The molecule has 0 unspecified atom stereocenters. The Morgan fingerprint density at radius 2 is 1.68 bits per heavy atom. The van der Waals surface area contributed by atoms with Crippen LogP contribution in [0.1, 0.15) is 52.3 Å². The van der Waals surface area contributed by atoms with Gasteiger partial charge in [0, 0.05) is 41.9 Å². The number of benzene rings is 2. The van der Waals surface area contributed by atoms with E-state index in [1.54, 1.807) is 0 Å². The lowest BCUT2D eigenvalue weighted by Gasteiger charge is -2.28. The molecule has 7 heteroatoms. The molecule has 194 valence electrons. The third kappa shape index (κ3) is 5.20. The number of nitrogens with zero attached hydrogens (tertiary/aromatic N) is 3. The fraction of sp³-hybridized carbons (Fsp3) is 0.258. The number of rotatable bonds is 7. The van der Waals surface area contributed by atoms with Crippen molar-refractivity contribution in [2.45, 2.75) is 46.2 Å². The van der Waals surface area contributed by atoms with Gasteiger partial charge < -0.3 is 20.1 Å². The van der Waals surface area contributed by atoms with Crippen LogP contribution in [0.25, 0.3) is 5.69 Å². The van der Waals surface area contributed by atoms with Crippen molar-refractivity contribution in [2.75, 3.05) is 11.9 Å². The van der Waals surface area contributed by atoms with Gasteiger partial charge in [0.25, 0.3) is 0 Å². The van der Waals surface area contributed by atoms with Crippen LogP contribution in [0, 0.1) is 27.7 Å². The van der Waals surface area contributed by atoms with Crippen LogP contribution in [0.2, 0.25) is 0 Å². The number of aryl methyl sites for hydroxylation is 3. The lowest BCUT2D eigenvalue weighted by molar-refractivity contribution is -0.116. The molecule has 6 nitrogen and oxygen atoms in total. The molecule has 0 bridgehead atoms. The minimum atomic E-state index is -0.130. The molecule has 2 aromatic heterocycles. The van der Waals surface area contributed by atoms with Crippen LogP contribution in [0.15, 0.2) is 79.0 Å². The van der Waals surface area contributed by atoms with E-state index in [-0.39, 0.29) is 18.0 Å². The Morgan fingerprint density at radius 1 is 0.974 bits per heavy atom. The van der Waals surface area contributed by atoms with Crippen molar-refractivity contribution in [3.8, 4) is 5.69 Å². The minimum Gasteiger partial charge on any atom is -0.352 e. The molecule has 0 radical (unpaired) electrons. The van der Waals surface area contributed by atoms with Crippen LogP contribution in [-0.2, 0) is 4.79 Å². The number of thiocarbonyl (C=S) groups is 1. The fourth-order valence-corrected chi connectivity index (χ4v) is 5.85. The number of hydrogen-bond donors (Lipinski definition) is 2. The average molecular weight is 524 g/mol. The number of nitrogens with one attached hydrogen (secondary N) is 2. The first-order chi connectivity index (χ1) is 18.3. The molecule has 1 fully saturated rings. The Hall–Kier alpha value is -3.97. The quantitative estimate of drug-likeness (QED) is 0.286. The van der Waals surface area contributed by atoms with Crippen molar-refractivity contribution in [3.05, 3.63) is 113 Å². The monoisotopic (exact) mass is 523 g/mol. The SMILES string of the molecule is Cc1cc(C)cc(-n2c(C)cc([C@@H]3[C@@H](c4ccccn4)NC(=S)N3CCC(=O)Nc3ccccc3)c2C)c1. The van der Waals surface area contributed by atoms with Crippen LogP contribution >= 0.6 is 12.2 Å². The maximum absolute atomic E-state index is 12.8. The van der Waals surface area contributed by atoms with Gasteiger partial charge in [-0.1, -0.05) is 30.3 Å². The van der Waals surface area contributed by atoms with E-state index in [0.29, 0.717) is 18.1 Å². The molecule has 4 aromatic rings. The molecule has 0 saturated carbocycles. The first-order valence-corrected chi connectivity index (χ1v) is 13.3. The molecule has 1 aliphatic heterocycles. The van der Waals surface area contributed by atoms with E-state index in [2.05, 4.69) is 77.0 Å². The lowest BCUT2D eigenvalue weighted by Crippen LogP contribution is -2.32. The molecule has 2 aromatic carbocycles. The number of anilines is 1. The zero-order valence-electron chi connectivity index (χ0n) is 22.2. The highest BCUT2D eigenvalue weighted by molar-refractivity contribution is 7.80. The summed E-state index contributed by atoms with van der Waals surface area (Å²) in [6.45, 7) is 9.06. The van der Waals surface area contributed by atoms with E-state index in [4.69, 9.17) is 12.2 Å². The van der Waals surface area contributed by atoms with Crippen molar-refractivity contribution in [2.24, 2.45) is 0 Å². The molecule has 1 saturated heterocycles. The van der Waals surface area contributed by atoms with E-state index in [9.17, 15) is 4.79 Å². The van der Waals surface area contributed by atoms with Gasteiger partial charge in [-0.3, -0.25) is 9.78 Å². The Bertz CT molecular complexity index is 1440. The summed E-state index contributed by atoms with van der Waals surface area (Å²) < 4.78 is 2.31. The van der Waals surface area contributed by atoms with Gasteiger partial charge in [-0.05, 0) is 99.1 Å². The predicted molar refractivity (Wildman–Crippen MR) is 157 cm³/mol. The summed E-state index contributed by atoms with van der Waals surface area (Å²) in [5, 5.41) is 7.13. The van der Waals surface area contributed by atoms with Crippen molar-refractivity contribution in [1.82, 2.24) is 19.8 Å². The highest BCUT2D eigenvalue weighted by atomic mass is 32.1. The highest BCUT2D eigenvalue weighted by Crippen LogP contribution is 2.41. The van der Waals surface area contributed by atoms with Gasteiger partial charge in [0.1, 0.15) is 0 Å². The minimum absolute atomic E-state index is 0.0419. The summed E-state index contributed by atoms with van der Waals surface area (Å²) in [4.78, 5) is 19.6. The van der Waals surface area contributed by atoms with Crippen molar-refractivity contribution in [3.63, 3.8) is 0 Å². The number of aromatic nitrogens is 2. The largest absolute Gasteiger partial charge is 0.352 e. The van der Waals surface area contributed by atoms with Crippen LogP contribution in [0.3, 0.4) is 0 Å². The topological polar surface area (TPSA) is 62.2 Å². The summed E-state index contributed by atoms with van der Waals surface area (Å²) >= 11 is 5.84. The molecule has 0 aliphatic carbocycles. The van der Waals surface area contributed by atoms with E-state index >= 15 is 0 Å². The van der Waals surface area contributed by atoms with Gasteiger partial charge in [-0.2, -0.15) is 0 Å². The second-order valence-corrected chi connectivity index (χ2v) is 10.4. The standard InChI is InChI=1S/C31H33N5OS/c1-20-16-21(2)18-25(17-20)36-22(3)19-26(23(36)4)30-29(27-12-8-9-14-32-27)34-31(38)35(30)15-13-28(37)33-24-10-6-5-7-11-24/h5-12,14,16-19,29-30H,13,15H2,1-4H3,(H,33,37)(H,34,38)/t29-,30-/m1/s1. The van der Waals surface area contributed by atoms with Gasteiger partial charge in [0.15, 0.2) is 5.11 Å². The van der Waals surface area contributed by atoms with Crippen LogP contribution in [0.5, 0.6) is 0 Å². The lowest BCUT2D eigenvalue weighted by atomic mass is 9.96. The summed E-state index contributed by atoms with van der Waals surface area (Å²) in [7, 11) is 0. The van der Waals surface area contributed by atoms with Gasteiger partial charge >= 0.3 is 0 Å². The molecule has 5 rings (SSSR count). The van der Waals surface area contributed by atoms with Crippen molar-refractivity contribution in [1.29, 1.82) is 0 Å². The number of carbonyl (C=O) groups excluding carboxylic acids is 1. The summed E-state index contributed by atoms with van der Waals surface area (Å²) in [6, 6.07) is 24.1. The first kappa shape index (κ1) is 25.7. The zero-order chi connectivity index (χ0) is 26.8. The number of pyridine rings is 1. The summed E-state index contributed by atoms with van der Waals surface area (Å²) in [5.74, 6) is -0.0419. The smallest absolute Gasteiger partial charge is 0.226 e. The Balaban J connectivity index is 1.49. The third-order valence-corrected chi connectivity index (χ3v) is 7.44. The number of hydrogen-bond acceptors (Lipinski definition) is 3. The average Bonchev–Trinajstić information content (AvgIpc) is 3.37. The molecule has 2 atom stereocenters. The fourth-order valence-electron chi connectivity index (χ4n) is 5.52. The Kier molecular flexibility index (Phi) is 7.29. The summed E-state index contributed by atoms with van der Waals surface area (Å²) in [6.07, 6.45) is 2.13. The first-order valence-electron chi connectivity index (χ1n) is 12.9. The number of carbonyl (C=O) groups is 1. The molecule has 1 amide bonds. The van der Waals surface area contributed by atoms with Gasteiger partial charge in [-0.25, -0.2) is 0 Å². The molecule has 0 spiro atoms. The van der Waals surface area contributed by atoms with Crippen LogP contribution in [0.4, 0.5) is 5.69 Å². The zero-order valence-corrected chi connectivity index (χ0v) is 23.0. The second kappa shape index (κ2) is 10.8. The highest BCUT2D eigenvalue weighted by Gasteiger charge is 2.41. The van der Waals surface area contributed by atoms with Gasteiger partial charge in [0.2, 0.25) is 5.91 Å². The molecule has 38 heavy (non-hydrogen) atoms. The van der Waals surface area contributed by atoms with E-state index in [1.165, 1.54) is 16.7 Å². The van der Waals surface area contributed by atoms with Crippen LogP contribution in [-0.4, -0.2) is 32.0 Å². The second-order valence-electron chi connectivity index (χ2n) is 9.99. The van der Waals surface area contributed by atoms with E-state index < -0.39 is 0 Å². The molecular weight excluding hydrogens is 490 g/mol. The molecule has 2 N–H and O–H groups in total. The normalized spacial score (nSPS) is 16.9. The summed E-state index contributed by atoms with van der Waals surface area (Å²) in [5.41, 5.74) is 8.82. The van der Waals surface area contributed by atoms with E-state index in [1.807, 2.05) is 54.7 Å². The Morgan fingerprint density at radius 3 is 2.37 bits per heavy atom. The number of amides is 1. The Labute approximate surface area is 229 Å². The molecular formula is C31H33N5OS. The van der Waals surface area contributed by atoms with E-state index in [0.717, 1.165) is 28.5 Å². The van der Waals surface area contributed by atoms with Gasteiger partial charge in [-0.15, -0.1) is 0 Å². The molecule has 1 aliphatic rings. The maximum Gasteiger partial charge on any atom is 0.226 e. The van der Waals surface area contributed by atoms with Crippen LogP contribution < -0.4 is 10.6 Å². The van der Waals surface area contributed by atoms with Gasteiger partial charge in [0.05, 0.1) is 17.8 Å². The van der Waals surface area contributed by atoms with Crippen molar-refractivity contribution >= 4 is 28.9 Å². The maximum atomic E-state index is 12.8. The van der Waals surface area contributed by atoms with Crippen molar-refractivity contribution < 1.29 is 4.79 Å². The molecule has 3 heterocycles.